The van der Waals surface area contributed by atoms with Crippen molar-refractivity contribution >= 4 is 5.91 Å². The van der Waals surface area contributed by atoms with Crippen molar-refractivity contribution in [2.45, 2.75) is 18.5 Å². The molecule has 158 valence electrons. The van der Waals surface area contributed by atoms with Gasteiger partial charge in [0.2, 0.25) is 23.5 Å². The van der Waals surface area contributed by atoms with Crippen LogP contribution in [0.25, 0.3) is 22.8 Å². The Morgan fingerprint density at radius 2 is 1.68 bits per heavy atom. The zero-order valence-electron chi connectivity index (χ0n) is 15.7. The third-order valence-electron chi connectivity index (χ3n) is 4.42. The fraction of sp³-hybridized carbons (Fsp3) is 0.150. The van der Waals surface area contributed by atoms with E-state index in [2.05, 4.69) is 24.9 Å². The summed E-state index contributed by atoms with van der Waals surface area (Å²) in [7, 11) is 0. The molecule has 1 atom stereocenters. The van der Waals surface area contributed by atoms with E-state index in [1.165, 1.54) is 12.1 Å². The van der Waals surface area contributed by atoms with Gasteiger partial charge in [0.05, 0.1) is 0 Å². The van der Waals surface area contributed by atoms with Crippen LogP contribution in [0.5, 0.6) is 0 Å². The Morgan fingerprint density at radius 1 is 1.00 bits per heavy atom. The van der Waals surface area contributed by atoms with Crippen molar-refractivity contribution in [2.24, 2.45) is 5.73 Å². The minimum atomic E-state index is -4.72. The van der Waals surface area contributed by atoms with Crippen molar-refractivity contribution in [3.63, 3.8) is 0 Å². The molecule has 0 aliphatic rings. The number of benzene rings is 2. The first kappa shape index (κ1) is 20.3. The monoisotopic (exact) mass is 429 g/mol. The van der Waals surface area contributed by atoms with Gasteiger partial charge in [-0.3, -0.25) is 4.79 Å². The molecule has 4 aromatic rings. The van der Waals surface area contributed by atoms with Crippen molar-refractivity contribution < 1.29 is 26.9 Å². The van der Waals surface area contributed by atoms with Crippen LogP contribution in [-0.4, -0.2) is 26.2 Å². The fourth-order valence-electron chi connectivity index (χ4n) is 2.87. The Morgan fingerprint density at radius 3 is 2.29 bits per heavy atom. The van der Waals surface area contributed by atoms with Crippen LogP contribution in [-0.2, 0) is 17.4 Å². The zero-order chi connectivity index (χ0) is 22.0. The van der Waals surface area contributed by atoms with Crippen LogP contribution in [0.4, 0.5) is 13.2 Å². The molecule has 2 N–H and O–H groups in total. The predicted molar refractivity (Wildman–Crippen MR) is 100 cm³/mol. The summed E-state index contributed by atoms with van der Waals surface area (Å²) in [6.07, 6.45) is -4.42. The molecule has 0 aliphatic heterocycles. The molecule has 1 unspecified atom stereocenters. The molecular weight excluding hydrogens is 415 g/mol. The standard InChI is InChI=1S/C20H14F3N5O3/c21-20(22,23)19-25-16(28-31-19)12-6-8-13(9-7-12)17-26-27-18(30-17)14(15(24)29)10-11-4-2-1-3-5-11/h1-9,14H,10H2,(H2,24,29). The average molecular weight is 429 g/mol. The van der Waals surface area contributed by atoms with E-state index in [1.54, 1.807) is 12.1 Å². The van der Waals surface area contributed by atoms with Crippen molar-refractivity contribution in [2.75, 3.05) is 0 Å². The maximum Gasteiger partial charge on any atom is 0.471 e. The van der Waals surface area contributed by atoms with Crippen LogP contribution < -0.4 is 5.73 Å². The van der Waals surface area contributed by atoms with Crippen molar-refractivity contribution in [3.8, 4) is 22.8 Å². The lowest BCUT2D eigenvalue weighted by Crippen LogP contribution is -2.23. The molecule has 11 heteroatoms. The van der Waals surface area contributed by atoms with Gasteiger partial charge in [0.25, 0.3) is 0 Å². The molecule has 2 heterocycles. The van der Waals surface area contributed by atoms with Gasteiger partial charge in [-0.15, -0.1) is 10.2 Å². The van der Waals surface area contributed by atoms with E-state index in [-0.39, 0.29) is 17.6 Å². The largest absolute Gasteiger partial charge is 0.471 e. The number of halogens is 3. The van der Waals surface area contributed by atoms with E-state index >= 15 is 0 Å². The smallest absolute Gasteiger partial charge is 0.420 e. The first-order valence-electron chi connectivity index (χ1n) is 8.99. The van der Waals surface area contributed by atoms with Gasteiger partial charge >= 0.3 is 12.1 Å². The molecule has 2 aromatic heterocycles. The first-order valence-corrected chi connectivity index (χ1v) is 8.99. The summed E-state index contributed by atoms with van der Waals surface area (Å²) in [6, 6.07) is 15.3. The summed E-state index contributed by atoms with van der Waals surface area (Å²) in [4.78, 5) is 15.3. The lowest BCUT2D eigenvalue weighted by Gasteiger charge is -2.08. The van der Waals surface area contributed by atoms with Gasteiger partial charge in [-0.05, 0) is 24.1 Å². The highest BCUT2D eigenvalue weighted by Gasteiger charge is 2.38. The quantitative estimate of drug-likeness (QED) is 0.497. The lowest BCUT2D eigenvalue weighted by molar-refractivity contribution is -0.159. The molecule has 0 fully saturated rings. The third-order valence-corrected chi connectivity index (χ3v) is 4.42. The molecule has 0 saturated heterocycles. The Balaban J connectivity index is 1.54. The zero-order valence-corrected chi connectivity index (χ0v) is 15.7. The molecule has 0 spiro atoms. The van der Waals surface area contributed by atoms with E-state index in [0.717, 1.165) is 5.56 Å². The highest BCUT2D eigenvalue weighted by atomic mass is 19.4. The third kappa shape index (κ3) is 4.44. The maximum atomic E-state index is 12.6. The number of nitrogens with two attached hydrogens (primary N) is 1. The van der Waals surface area contributed by atoms with Crippen molar-refractivity contribution in [1.82, 2.24) is 20.3 Å². The van der Waals surface area contributed by atoms with Crippen LogP contribution in [0, 0.1) is 0 Å². The fourth-order valence-corrected chi connectivity index (χ4v) is 2.87. The van der Waals surface area contributed by atoms with Crippen LogP contribution in [0.2, 0.25) is 0 Å². The minimum Gasteiger partial charge on any atom is -0.420 e. The molecule has 0 bridgehead atoms. The number of nitrogens with zero attached hydrogens (tertiary/aromatic N) is 4. The second kappa shape index (κ2) is 8.01. The number of rotatable bonds is 6. The van der Waals surface area contributed by atoms with Gasteiger partial charge in [-0.1, -0.05) is 47.6 Å². The van der Waals surface area contributed by atoms with E-state index < -0.39 is 23.9 Å². The van der Waals surface area contributed by atoms with Crippen LogP contribution in [0.1, 0.15) is 23.3 Å². The number of amides is 1. The normalized spacial score (nSPS) is 12.6. The Kier molecular flexibility index (Phi) is 5.24. The Bertz CT molecular complexity index is 1190. The van der Waals surface area contributed by atoms with Gasteiger partial charge in [0, 0.05) is 11.1 Å². The number of alkyl halides is 3. The van der Waals surface area contributed by atoms with Crippen LogP contribution >= 0.6 is 0 Å². The van der Waals surface area contributed by atoms with Gasteiger partial charge in [0.1, 0.15) is 5.92 Å². The van der Waals surface area contributed by atoms with E-state index in [4.69, 9.17) is 10.2 Å². The molecule has 31 heavy (non-hydrogen) atoms. The number of carbonyl (C=O) groups excluding carboxylic acids is 1. The highest BCUT2D eigenvalue weighted by molar-refractivity contribution is 5.81. The van der Waals surface area contributed by atoms with E-state index in [0.29, 0.717) is 17.5 Å². The SMILES string of the molecule is NC(=O)C(Cc1ccccc1)c1nnc(-c2ccc(-c3noc(C(F)(F)F)n3)cc2)o1. The Hall–Kier alpha value is -4.02. The van der Waals surface area contributed by atoms with Crippen LogP contribution in [0.15, 0.2) is 63.5 Å². The van der Waals surface area contributed by atoms with Crippen LogP contribution in [0.3, 0.4) is 0 Å². The highest BCUT2D eigenvalue weighted by Crippen LogP contribution is 2.30. The van der Waals surface area contributed by atoms with Gasteiger partial charge in [-0.25, -0.2) is 0 Å². The second-order valence-corrected chi connectivity index (χ2v) is 6.59. The molecule has 1 amide bonds. The number of carbonyl (C=O) groups is 1. The molecular formula is C20H14F3N5O3. The summed E-state index contributed by atoms with van der Waals surface area (Å²) in [5.74, 6) is -2.84. The van der Waals surface area contributed by atoms with Gasteiger partial charge < -0.3 is 14.7 Å². The molecule has 0 saturated carbocycles. The number of hydrogen-bond acceptors (Lipinski definition) is 7. The van der Waals surface area contributed by atoms with E-state index in [9.17, 15) is 18.0 Å². The average Bonchev–Trinajstić information content (AvgIpc) is 3.43. The number of primary amides is 1. The predicted octanol–water partition coefficient (Wildman–Crippen LogP) is 3.62. The summed E-state index contributed by atoms with van der Waals surface area (Å²) >= 11 is 0. The molecule has 0 aliphatic carbocycles. The van der Waals surface area contributed by atoms with Crippen molar-refractivity contribution in [3.05, 3.63) is 71.9 Å². The van der Waals surface area contributed by atoms with Gasteiger partial charge in [-0.2, -0.15) is 18.2 Å². The summed E-state index contributed by atoms with van der Waals surface area (Å²) < 4.78 is 47.7. The molecule has 0 radical (unpaired) electrons. The minimum absolute atomic E-state index is 0.0726. The van der Waals surface area contributed by atoms with E-state index in [1.807, 2.05) is 30.3 Å². The number of hydrogen-bond donors (Lipinski definition) is 1. The maximum absolute atomic E-state index is 12.6. The second-order valence-electron chi connectivity index (χ2n) is 6.59. The molecule has 8 nitrogen and oxygen atoms in total. The first-order chi connectivity index (χ1) is 14.8. The summed E-state index contributed by atoms with van der Waals surface area (Å²) in [5, 5.41) is 11.2. The summed E-state index contributed by atoms with van der Waals surface area (Å²) in [6.45, 7) is 0. The Labute approximate surface area is 172 Å². The topological polar surface area (TPSA) is 121 Å². The number of aromatic nitrogens is 4. The van der Waals surface area contributed by atoms with Gasteiger partial charge in [0.15, 0.2) is 0 Å². The lowest BCUT2D eigenvalue weighted by atomic mass is 9.99. The summed E-state index contributed by atoms with van der Waals surface area (Å²) in [5.41, 5.74) is 7.19. The van der Waals surface area contributed by atoms with Crippen molar-refractivity contribution in [1.29, 1.82) is 0 Å². The molecule has 2 aromatic carbocycles. The molecule has 4 rings (SSSR count).